The smallest absolute Gasteiger partial charge is 0.115 e. The highest BCUT2D eigenvalue weighted by Crippen LogP contribution is 2.32. The van der Waals surface area contributed by atoms with E-state index >= 15 is 0 Å². The molecule has 0 atom stereocenters. The maximum Gasteiger partial charge on any atom is 0.115 e. The van der Waals surface area contributed by atoms with E-state index in [2.05, 4.69) is 72.1 Å². The minimum Gasteiger partial charge on any atom is -0.308 e. The minimum atomic E-state index is 0.138. The molecule has 0 spiro atoms. The van der Waals surface area contributed by atoms with Gasteiger partial charge in [-0.3, -0.25) is 0 Å². The van der Waals surface area contributed by atoms with Crippen LogP contribution in [0.15, 0.2) is 50.9 Å². The van der Waals surface area contributed by atoms with Crippen molar-refractivity contribution in [3.05, 3.63) is 52.1 Å². The lowest BCUT2D eigenvalue weighted by Crippen LogP contribution is -2.35. The summed E-state index contributed by atoms with van der Waals surface area (Å²) >= 11 is 5.22. The molecular formula is C17H21BrN2S. The molecule has 0 radical (unpaired) electrons. The van der Waals surface area contributed by atoms with Gasteiger partial charge in [0.2, 0.25) is 0 Å². The first-order chi connectivity index (χ1) is 9.85. The van der Waals surface area contributed by atoms with Gasteiger partial charge in [0.25, 0.3) is 0 Å². The zero-order chi connectivity index (χ0) is 15.5. The van der Waals surface area contributed by atoms with Gasteiger partial charge < -0.3 is 5.32 Å². The van der Waals surface area contributed by atoms with Gasteiger partial charge in [-0.15, -0.1) is 0 Å². The molecule has 1 aromatic carbocycles. The Hall–Kier alpha value is -0.840. The second-order valence-electron chi connectivity index (χ2n) is 6.08. The van der Waals surface area contributed by atoms with Crippen LogP contribution in [-0.2, 0) is 6.54 Å². The van der Waals surface area contributed by atoms with Crippen LogP contribution >= 0.6 is 27.7 Å². The Balaban J connectivity index is 2.10. The van der Waals surface area contributed by atoms with E-state index in [0.717, 1.165) is 16.0 Å². The van der Waals surface area contributed by atoms with Crippen LogP contribution in [0.1, 0.15) is 31.9 Å². The Bertz CT molecular complexity index is 620. The highest BCUT2D eigenvalue weighted by Gasteiger charge is 2.10. The highest BCUT2D eigenvalue weighted by molar-refractivity contribution is 9.10. The predicted octanol–water partition coefficient (Wildman–Crippen LogP) is 5.19. The van der Waals surface area contributed by atoms with E-state index in [-0.39, 0.29) is 5.54 Å². The van der Waals surface area contributed by atoms with E-state index in [1.54, 1.807) is 11.8 Å². The molecule has 2 rings (SSSR count). The molecule has 0 aliphatic carbocycles. The lowest BCUT2D eigenvalue weighted by molar-refractivity contribution is 0.424. The van der Waals surface area contributed by atoms with Gasteiger partial charge in [-0.1, -0.05) is 17.8 Å². The fourth-order valence-electron chi connectivity index (χ4n) is 1.85. The SMILES string of the molecule is Cc1cc(Sc2ncccc2Br)ccc1CNC(C)(C)C. The summed E-state index contributed by atoms with van der Waals surface area (Å²) in [4.78, 5) is 5.61. The highest BCUT2D eigenvalue weighted by atomic mass is 79.9. The third-order valence-corrected chi connectivity index (χ3v) is 4.97. The topological polar surface area (TPSA) is 24.9 Å². The average Bonchev–Trinajstić information content (AvgIpc) is 2.39. The first kappa shape index (κ1) is 16.5. The molecule has 0 aliphatic rings. The summed E-state index contributed by atoms with van der Waals surface area (Å²) in [6.45, 7) is 9.62. The fraction of sp³-hybridized carbons (Fsp3) is 0.353. The maximum atomic E-state index is 4.40. The van der Waals surface area contributed by atoms with Gasteiger partial charge in [0.05, 0.1) is 4.47 Å². The van der Waals surface area contributed by atoms with Crippen LogP contribution in [0, 0.1) is 6.92 Å². The van der Waals surface area contributed by atoms with Crippen LogP contribution in [0.5, 0.6) is 0 Å². The second-order valence-corrected chi connectivity index (χ2v) is 8.00. The van der Waals surface area contributed by atoms with Crippen molar-refractivity contribution < 1.29 is 0 Å². The van der Waals surface area contributed by atoms with Gasteiger partial charge in [0, 0.05) is 23.2 Å². The van der Waals surface area contributed by atoms with Crippen LogP contribution in [0.2, 0.25) is 0 Å². The van der Waals surface area contributed by atoms with Crippen molar-refractivity contribution in [2.24, 2.45) is 0 Å². The molecule has 0 fully saturated rings. The van der Waals surface area contributed by atoms with Crippen LogP contribution in [0.4, 0.5) is 0 Å². The van der Waals surface area contributed by atoms with Crippen molar-refractivity contribution in [2.75, 3.05) is 0 Å². The van der Waals surface area contributed by atoms with Crippen LogP contribution in [0.3, 0.4) is 0 Å². The molecule has 0 saturated heterocycles. The molecule has 2 nitrogen and oxygen atoms in total. The molecule has 112 valence electrons. The lowest BCUT2D eigenvalue weighted by atomic mass is 10.1. The molecule has 1 N–H and O–H groups in total. The standard InChI is InChI=1S/C17H21BrN2S/c1-12-10-14(21-16-15(18)6-5-9-19-16)8-7-13(12)11-20-17(2,3)4/h5-10,20H,11H2,1-4H3. The molecule has 0 saturated carbocycles. The number of halogens is 1. The number of hydrogen-bond acceptors (Lipinski definition) is 3. The summed E-state index contributed by atoms with van der Waals surface area (Å²) < 4.78 is 1.03. The lowest BCUT2D eigenvalue weighted by Gasteiger charge is -2.21. The molecule has 0 bridgehead atoms. The summed E-state index contributed by atoms with van der Waals surface area (Å²) in [5.41, 5.74) is 2.79. The zero-order valence-electron chi connectivity index (χ0n) is 12.9. The van der Waals surface area contributed by atoms with Crippen LogP contribution in [-0.4, -0.2) is 10.5 Å². The zero-order valence-corrected chi connectivity index (χ0v) is 15.3. The number of benzene rings is 1. The van der Waals surface area contributed by atoms with E-state index in [1.807, 2.05) is 18.3 Å². The van der Waals surface area contributed by atoms with Gasteiger partial charge in [-0.05, 0) is 79.0 Å². The fourth-order valence-corrected chi connectivity index (χ4v) is 3.22. The third-order valence-electron chi connectivity index (χ3n) is 3.06. The van der Waals surface area contributed by atoms with Gasteiger partial charge in [0.1, 0.15) is 5.03 Å². The van der Waals surface area contributed by atoms with Crippen LogP contribution in [0.25, 0.3) is 0 Å². The van der Waals surface area contributed by atoms with Gasteiger partial charge in [0.15, 0.2) is 0 Å². The second kappa shape index (κ2) is 6.95. The molecular weight excluding hydrogens is 344 g/mol. The summed E-state index contributed by atoms with van der Waals surface area (Å²) in [6, 6.07) is 10.5. The molecule has 4 heteroatoms. The Morgan fingerprint density at radius 3 is 2.62 bits per heavy atom. The number of aromatic nitrogens is 1. The number of hydrogen-bond donors (Lipinski definition) is 1. The molecule has 1 heterocycles. The van der Waals surface area contributed by atoms with Gasteiger partial charge in [-0.2, -0.15) is 0 Å². The van der Waals surface area contributed by atoms with E-state index < -0.39 is 0 Å². The predicted molar refractivity (Wildman–Crippen MR) is 93.8 cm³/mol. The monoisotopic (exact) mass is 364 g/mol. The number of nitrogens with one attached hydrogen (secondary N) is 1. The van der Waals surface area contributed by atoms with Crippen molar-refractivity contribution in [3.8, 4) is 0 Å². The van der Waals surface area contributed by atoms with E-state index in [9.17, 15) is 0 Å². The number of pyridine rings is 1. The maximum absolute atomic E-state index is 4.40. The molecule has 0 unspecified atom stereocenters. The quantitative estimate of drug-likeness (QED) is 0.807. The Morgan fingerprint density at radius 1 is 1.24 bits per heavy atom. The number of nitrogens with zero attached hydrogens (tertiary/aromatic N) is 1. The Morgan fingerprint density at radius 2 is 2.00 bits per heavy atom. The largest absolute Gasteiger partial charge is 0.308 e. The van der Waals surface area contributed by atoms with Crippen molar-refractivity contribution >= 4 is 27.7 Å². The molecule has 2 aromatic rings. The Kier molecular flexibility index (Phi) is 5.47. The molecule has 0 aliphatic heterocycles. The number of rotatable bonds is 4. The summed E-state index contributed by atoms with van der Waals surface area (Å²) in [6.07, 6.45) is 1.82. The van der Waals surface area contributed by atoms with E-state index in [4.69, 9.17) is 0 Å². The van der Waals surface area contributed by atoms with Crippen molar-refractivity contribution in [1.29, 1.82) is 0 Å². The molecule has 21 heavy (non-hydrogen) atoms. The van der Waals surface area contributed by atoms with Crippen molar-refractivity contribution in [3.63, 3.8) is 0 Å². The van der Waals surface area contributed by atoms with Crippen LogP contribution < -0.4 is 5.32 Å². The van der Waals surface area contributed by atoms with Crippen molar-refractivity contribution in [2.45, 2.75) is 49.7 Å². The number of aryl methyl sites for hydroxylation is 1. The normalized spacial score (nSPS) is 11.7. The first-order valence-electron chi connectivity index (χ1n) is 6.98. The first-order valence-corrected chi connectivity index (χ1v) is 8.59. The van der Waals surface area contributed by atoms with E-state index in [1.165, 1.54) is 16.0 Å². The van der Waals surface area contributed by atoms with E-state index in [0.29, 0.717) is 0 Å². The molecule has 1 aromatic heterocycles. The molecule has 0 amide bonds. The van der Waals surface area contributed by atoms with Gasteiger partial charge in [-0.25, -0.2) is 4.98 Å². The summed E-state index contributed by atoms with van der Waals surface area (Å²) in [7, 11) is 0. The summed E-state index contributed by atoms with van der Waals surface area (Å²) in [5.74, 6) is 0. The van der Waals surface area contributed by atoms with Crippen molar-refractivity contribution in [1.82, 2.24) is 10.3 Å². The summed E-state index contributed by atoms with van der Waals surface area (Å²) in [5, 5.41) is 4.53. The Labute approximate surface area is 139 Å². The minimum absolute atomic E-state index is 0.138. The average molecular weight is 365 g/mol. The van der Waals surface area contributed by atoms with Gasteiger partial charge >= 0.3 is 0 Å². The third kappa shape index (κ3) is 5.13.